The van der Waals surface area contributed by atoms with Crippen LogP contribution in [0, 0.1) is 0 Å². The van der Waals surface area contributed by atoms with Crippen LogP contribution < -0.4 is 10.2 Å². The fraction of sp³-hybridized carbons (Fsp3) is 0.600. The normalized spacial score (nSPS) is 20.6. The number of ether oxygens (including phenoxy) is 1. The number of rotatable bonds is 8. The molecule has 1 aromatic heterocycles. The first kappa shape index (κ1) is 19.3. The zero-order valence-corrected chi connectivity index (χ0v) is 16.6. The highest BCUT2D eigenvalue weighted by molar-refractivity contribution is 7.18. The number of hydrogen-bond donors (Lipinski definition) is 2. The van der Waals surface area contributed by atoms with Crippen molar-refractivity contribution in [2.45, 2.75) is 45.1 Å². The third-order valence-corrected chi connectivity index (χ3v) is 5.98. The molecule has 0 spiro atoms. The second-order valence-corrected chi connectivity index (χ2v) is 8.43. The van der Waals surface area contributed by atoms with Gasteiger partial charge in [0.2, 0.25) is 0 Å². The molecule has 2 N–H and O–H groups in total. The number of nitrogens with zero attached hydrogens (tertiary/aromatic N) is 1. The maximum atomic E-state index is 12.2. The van der Waals surface area contributed by atoms with Gasteiger partial charge in [0.1, 0.15) is 5.01 Å². The van der Waals surface area contributed by atoms with E-state index in [1.807, 2.05) is 31.3 Å². The minimum atomic E-state index is 0.148. The molecule has 2 heterocycles. The quantitative estimate of drug-likeness (QED) is 0.693. The third kappa shape index (κ3) is 5.50. The van der Waals surface area contributed by atoms with E-state index in [9.17, 15) is 4.79 Å². The molecule has 1 saturated heterocycles. The van der Waals surface area contributed by atoms with E-state index in [-0.39, 0.29) is 12.0 Å². The van der Waals surface area contributed by atoms with Gasteiger partial charge in [-0.25, -0.2) is 4.98 Å². The number of thiazole rings is 1. The van der Waals surface area contributed by atoms with Gasteiger partial charge in [-0.15, -0.1) is 11.3 Å². The highest BCUT2D eigenvalue weighted by Gasteiger charge is 2.28. The van der Waals surface area contributed by atoms with Crippen LogP contribution >= 0.6 is 11.3 Å². The fourth-order valence-electron chi connectivity index (χ4n) is 3.50. The maximum Gasteiger partial charge on any atom is 0.275 e. The Labute approximate surface area is 159 Å². The average Bonchev–Trinajstić information content (AvgIpc) is 3.05. The predicted molar refractivity (Wildman–Crippen MR) is 106 cm³/mol. The van der Waals surface area contributed by atoms with Crippen LogP contribution in [0.1, 0.15) is 44.0 Å². The number of hydrogen-bond acceptors (Lipinski definition) is 4. The standard InChI is InChI=1S/C20H29N3O2S/c1-15(2)25-12-6-10-21-19(24)14-23-11-5-7-16(13-23)20-22-17-8-3-4-9-18(17)26-20/h3-4,8-9,15-16H,5-7,10-14H2,1-2H3,(H,21,24)/p+1/t16-/m1/s1. The SMILES string of the molecule is CC(C)OCCCNC(=O)C[NH+]1CCC[C@@H](c2nc3ccccc3s2)C1. The summed E-state index contributed by atoms with van der Waals surface area (Å²) in [6.45, 7) is 8.09. The molecule has 6 heteroatoms. The van der Waals surface area contributed by atoms with Gasteiger partial charge in [0, 0.05) is 13.2 Å². The second kappa shape index (κ2) is 9.44. The summed E-state index contributed by atoms with van der Waals surface area (Å²) in [5, 5.41) is 4.26. The molecule has 142 valence electrons. The molecule has 0 bridgehead atoms. The van der Waals surface area contributed by atoms with Crippen LogP contribution in [-0.4, -0.2) is 49.8 Å². The van der Waals surface area contributed by atoms with Crippen molar-refractivity contribution >= 4 is 27.5 Å². The van der Waals surface area contributed by atoms with Crippen molar-refractivity contribution in [3.63, 3.8) is 0 Å². The Kier molecular flexibility index (Phi) is 7.00. The molecule has 2 atom stereocenters. The van der Waals surface area contributed by atoms with Crippen LogP contribution in [0.4, 0.5) is 0 Å². The number of fused-ring (bicyclic) bond motifs is 1. The summed E-state index contributed by atoms with van der Waals surface area (Å²) in [6.07, 6.45) is 3.46. The Hall–Kier alpha value is -1.50. The molecule has 0 radical (unpaired) electrons. The number of aromatic nitrogens is 1. The lowest BCUT2D eigenvalue weighted by Crippen LogP contribution is -3.14. The Morgan fingerprint density at radius 1 is 1.42 bits per heavy atom. The van der Waals surface area contributed by atoms with Crippen molar-refractivity contribution in [2.24, 2.45) is 0 Å². The van der Waals surface area contributed by atoms with Gasteiger partial charge in [-0.1, -0.05) is 12.1 Å². The minimum absolute atomic E-state index is 0.148. The summed E-state index contributed by atoms with van der Waals surface area (Å²) in [5.41, 5.74) is 1.10. The highest BCUT2D eigenvalue weighted by atomic mass is 32.1. The number of carbonyl (C=O) groups excluding carboxylic acids is 1. The lowest BCUT2D eigenvalue weighted by molar-refractivity contribution is -0.898. The monoisotopic (exact) mass is 376 g/mol. The van der Waals surface area contributed by atoms with E-state index in [2.05, 4.69) is 23.5 Å². The topological polar surface area (TPSA) is 55.7 Å². The first-order valence-electron chi connectivity index (χ1n) is 9.69. The molecule has 1 fully saturated rings. The van der Waals surface area contributed by atoms with Gasteiger partial charge >= 0.3 is 0 Å². The van der Waals surface area contributed by atoms with Crippen LogP contribution in [0.3, 0.4) is 0 Å². The summed E-state index contributed by atoms with van der Waals surface area (Å²) in [6, 6.07) is 8.33. The zero-order valence-electron chi connectivity index (χ0n) is 15.8. The number of likely N-dealkylation sites (tertiary alicyclic amines) is 1. The summed E-state index contributed by atoms with van der Waals surface area (Å²) in [4.78, 5) is 18.4. The average molecular weight is 377 g/mol. The van der Waals surface area contributed by atoms with Gasteiger partial charge in [-0.3, -0.25) is 4.79 Å². The summed E-state index contributed by atoms with van der Waals surface area (Å²) in [5.74, 6) is 0.623. The van der Waals surface area contributed by atoms with E-state index < -0.39 is 0 Å². The maximum absolute atomic E-state index is 12.2. The lowest BCUT2D eigenvalue weighted by Gasteiger charge is -2.28. The van der Waals surface area contributed by atoms with Crippen LogP contribution in [0.5, 0.6) is 0 Å². The van der Waals surface area contributed by atoms with Gasteiger partial charge in [0.25, 0.3) is 5.91 Å². The van der Waals surface area contributed by atoms with Gasteiger partial charge < -0.3 is 15.0 Å². The summed E-state index contributed by atoms with van der Waals surface area (Å²) in [7, 11) is 0. The highest BCUT2D eigenvalue weighted by Crippen LogP contribution is 2.30. The molecule has 3 rings (SSSR count). The van der Waals surface area contributed by atoms with E-state index >= 15 is 0 Å². The molecule has 0 saturated carbocycles. The summed E-state index contributed by atoms with van der Waals surface area (Å²) < 4.78 is 6.76. The van der Waals surface area contributed by atoms with Crippen molar-refractivity contribution in [3.8, 4) is 0 Å². The molecule has 1 aromatic carbocycles. The zero-order chi connectivity index (χ0) is 18.4. The number of para-hydroxylation sites is 1. The van der Waals surface area contributed by atoms with Crippen molar-refractivity contribution in [2.75, 3.05) is 32.8 Å². The number of quaternary nitrogens is 1. The third-order valence-electron chi connectivity index (χ3n) is 4.78. The van der Waals surface area contributed by atoms with Gasteiger partial charge in [0.15, 0.2) is 6.54 Å². The molecule has 1 amide bonds. The molecule has 2 aromatic rings. The van der Waals surface area contributed by atoms with Crippen LogP contribution in [0.2, 0.25) is 0 Å². The predicted octanol–water partition coefficient (Wildman–Crippen LogP) is 1.99. The molecule has 5 nitrogen and oxygen atoms in total. The lowest BCUT2D eigenvalue weighted by atomic mass is 9.99. The smallest absolute Gasteiger partial charge is 0.275 e. The molecule has 26 heavy (non-hydrogen) atoms. The summed E-state index contributed by atoms with van der Waals surface area (Å²) >= 11 is 1.81. The van der Waals surface area contributed by atoms with E-state index in [1.54, 1.807) is 0 Å². The molecule has 0 aliphatic carbocycles. The largest absolute Gasteiger partial charge is 0.379 e. The van der Waals surface area contributed by atoms with E-state index in [4.69, 9.17) is 9.72 Å². The van der Waals surface area contributed by atoms with E-state index in [0.717, 1.165) is 31.4 Å². The Morgan fingerprint density at radius 2 is 2.27 bits per heavy atom. The van der Waals surface area contributed by atoms with E-state index in [0.29, 0.717) is 25.6 Å². The first-order valence-corrected chi connectivity index (χ1v) is 10.5. The van der Waals surface area contributed by atoms with Crippen LogP contribution in [0.25, 0.3) is 10.2 Å². The Bertz CT molecular complexity index is 683. The Balaban J connectivity index is 1.45. The van der Waals surface area contributed by atoms with E-state index in [1.165, 1.54) is 21.0 Å². The second-order valence-electron chi connectivity index (χ2n) is 7.36. The molecular formula is C20H30N3O2S+. The van der Waals surface area contributed by atoms with Crippen LogP contribution in [-0.2, 0) is 9.53 Å². The first-order chi connectivity index (χ1) is 12.6. The minimum Gasteiger partial charge on any atom is -0.379 e. The van der Waals surface area contributed by atoms with Crippen molar-refractivity contribution in [3.05, 3.63) is 29.3 Å². The number of piperidine rings is 1. The van der Waals surface area contributed by atoms with Gasteiger partial charge in [0.05, 0.1) is 35.3 Å². The van der Waals surface area contributed by atoms with Crippen molar-refractivity contribution in [1.29, 1.82) is 0 Å². The van der Waals surface area contributed by atoms with Gasteiger partial charge in [-0.05, 0) is 45.2 Å². The van der Waals surface area contributed by atoms with Crippen LogP contribution in [0.15, 0.2) is 24.3 Å². The number of amides is 1. The van der Waals surface area contributed by atoms with Crippen molar-refractivity contribution in [1.82, 2.24) is 10.3 Å². The fourth-order valence-corrected chi connectivity index (χ4v) is 4.60. The number of benzene rings is 1. The molecular weight excluding hydrogens is 346 g/mol. The molecule has 1 aliphatic rings. The number of carbonyl (C=O) groups is 1. The molecule has 1 unspecified atom stereocenters. The van der Waals surface area contributed by atoms with Crippen molar-refractivity contribution < 1.29 is 14.4 Å². The number of nitrogens with one attached hydrogen (secondary N) is 2. The molecule has 1 aliphatic heterocycles. The van der Waals surface area contributed by atoms with Gasteiger partial charge in [-0.2, -0.15) is 0 Å². The Morgan fingerprint density at radius 3 is 3.08 bits per heavy atom.